The van der Waals surface area contributed by atoms with Crippen LogP contribution in [0.5, 0.6) is 0 Å². The summed E-state index contributed by atoms with van der Waals surface area (Å²) < 4.78 is 0. The maximum absolute atomic E-state index is 3.48. The fourth-order valence-corrected chi connectivity index (χ4v) is 3.40. The van der Waals surface area contributed by atoms with Gasteiger partial charge in [0.2, 0.25) is 0 Å². The standard InChI is InChI=1S/C16H25N3/c1-2-14-5-3-4-6-16(14)19-11-9-18(10-12-19)15-7-8-17-13-15/h3-6,15,17H,2,7-13H2,1H3. The Labute approximate surface area is 116 Å². The van der Waals surface area contributed by atoms with Crippen molar-refractivity contribution < 1.29 is 0 Å². The molecule has 2 saturated heterocycles. The van der Waals surface area contributed by atoms with Crippen molar-refractivity contribution in [1.29, 1.82) is 0 Å². The smallest absolute Gasteiger partial charge is 0.0399 e. The first-order valence-electron chi connectivity index (χ1n) is 7.66. The zero-order chi connectivity index (χ0) is 13.1. The lowest BCUT2D eigenvalue weighted by Crippen LogP contribution is -2.51. The van der Waals surface area contributed by atoms with Crippen LogP contribution in [0.1, 0.15) is 18.9 Å². The van der Waals surface area contributed by atoms with Crippen molar-refractivity contribution in [2.24, 2.45) is 0 Å². The minimum Gasteiger partial charge on any atom is -0.369 e. The van der Waals surface area contributed by atoms with Gasteiger partial charge in [-0.25, -0.2) is 0 Å². The molecule has 1 atom stereocenters. The van der Waals surface area contributed by atoms with E-state index in [1.165, 1.54) is 56.9 Å². The molecule has 0 aromatic heterocycles. The number of piperazine rings is 1. The average molecular weight is 259 g/mol. The van der Waals surface area contributed by atoms with Gasteiger partial charge in [-0.2, -0.15) is 0 Å². The second-order valence-corrected chi connectivity index (χ2v) is 5.65. The van der Waals surface area contributed by atoms with Crippen molar-refractivity contribution in [1.82, 2.24) is 10.2 Å². The third-order valence-corrected chi connectivity index (χ3v) is 4.58. The van der Waals surface area contributed by atoms with E-state index in [4.69, 9.17) is 0 Å². The Bertz CT molecular complexity index is 404. The highest BCUT2D eigenvalue weighted by atomic mass is 15.3. The minimum atomic E-state index is 0.781. The van der Waals surface area contributed by atoms with Gasteiger partial charge in [0.05, 0.1) is 0 Å². The molecule has 0 saturated carbocycles. The third-order valence-electron chi connectivity index (χ3n) is 4.58. The van der Waals surface area contributed by atoms with Crippen LogP contribution in [0.2, 0.25) is 0 Å². The molecule has 3 nitrogen and oxygen atoms in total. The Morgan fingerprint density at radius 1 is 1.16 bits per heavy atom. The van der Waals surface area contributed by atoms with E-state index in [-0.39, 0.29) is 0 Å². The number of hydrogen-bond donors (Lipinski definition) is 1. The highest BCUT2D eigenvalue weighted by Crippen LogP contribution is 2.23. The Hall–Kier alpha value is -1.06. The summed E-state index contributed by atoms with van der Waals surface area (Å²) >= 11 is 0. The lowest BCUT2D eigenvalue weighted by molar-refractivity contribution is 0.196. The van der Waals surface area contributed by atoms with Gasteiger partial charge >= 0.3 is 0 Å². The quantitative estimate of drug-likeness (QED) is 0.892. The Morgan fingerprint density at radius 3 is 2.63 bits per heavy atom. The van der Waals surface area contributed by atoms with Crippen LogP contribution in [0.3, 0.4) is 0 Å². The number of nitrogens with one attached hydrogen (secondary N) is 1. The van der Waals surface area contributed by atoms with E-state index >= 15 is 0 Å². The molecule has 0 amide bonds. The summed E-state index contributed by atoms with van der Waals surface area (Å²) in [4.78, 5) is 5.24. The van der Waals surface area contributed by atoms with Gasteiger partial charge < -0.3 is 10.2 Å². The summed E-state index contributed by atoms with van der Waals surface area (Å²) in [5.74, 6) is 0. The normalized spacial score (nSPS) is 24.9. The second-order valence-electron chi connectivity index (χ2n) is 5.65. The van der Waals surface area contributed by atoms with E-state index in [1.807, 2.05) is 0 Å². The highest BCUT2D eigenvalue weighted by Gasteiger charge is 2.26. The molecule has 1 N–H and O–H groups in total. The molecule has 0 bridgehead atoms. The first kappa shape index (κ1) is 12.9. The molecule has 2 heterocycles. The van der Waals surface area contributed by atoms with Crippen molar-refractivity contribution in [3.05, 3.63) is 29.8 Å². The molecule has 0 aliphatic carbocycles. The van der Waals surface area contributed by atoms with Gasteiger partial charge in [-0.3, -0.25) is 4.90 Å². The largest absolute Gasteiger partial charge is 0.369 e. The first-order chi connectivity index (χ1) is 9.38. The molecule has 2 aliphatic rings. The van der Waals surface area contributed by atoms with Gasteiger partial charge in [0.15, 0.2) is 0 Å². The summed E-state index contributed by atoms with van der Waals surface area (Å²) in [6, 6.07) is 9.65. The van der Waals surface area contributed by atoms with E-state index < -0.39 is 0 Å². The molecule has 1 unspecified atom stereocenters. The first-order valence-corrected chi connectivity index (χ1v) is 7.66. The SMILES string of the molecule is CCc1ccccc1N1CCN(C2CCNC2)CC1. The molecule has 3 rings (SSSR count). The third kappa shape index (κ3) is 2.77. The number of aryl methyl sites for hydroxylation is 1. The molecule has 0 spiro atoms. The number of para-hydroxylation sites is 1. The lowest BCUT2D eigenvalue weighted by Gasteiger charge is -2.39. The Balaban J connectivity index is 1.63. The molecule has 1 aromatic carbocycles. The zero-order valence-electron chi connectivity index (χ0n) is 11.9. The van der Waals surface area contributed by atoms with Crippen LogP contribution in [0.25, 0.3) is 0 Å². The number of anilines is 1. The number of nitrogens with zero attached hydrogens (tertiary/aromatic N) is 2. The molecule has 104 valence electrons. The Morgan fingerprint density at radius 2 is 1.95 bits per heavy atom. The van der Waals surface area contributed by atoms with Crippen molar-refractivity contribution in [2.75, 3.05) is 44.2 Å². The van der Waals surface area contributed by atoms with Crippen LogP contribution >= 0.6 is 0 Å². The predicted octanol–water partition coefficient (Wildman–Crippen LogP) is 1.73. The van der Waals surface area contributed by atoms with Gasteiger partial charge in [-0.1, -0.05) is 25.1 Å². The van der Waals surface area contributed by atoms with E-state index in [0.29, 0.717) is 0 Å². The summed E-state index contributed by atoms with van der Waals surface area (Å²) in [5.41, 5.74) is 2.94. The van der Waals surface area contributed by atoms with Crippen LogP contribution in [0.4, 0.5) is 5.69 Å². The summed E-state index contributed by atoms with van der Waals surface area (Å²) in [7, 11) is 0. The van der Waals surface area contributed by atoms with E-state index in [2.05, 4.69) is 46.3 Å². The van der Waals surface area contributed by atoms with Crippen LogP contribution in [0, 0.1) is 0 Å². The molecule has 2 fully saturated rings. The molecular formula is C16H25N3. The molecule has 1 aromatic rings. The summed E-state index contributed by atoms with van der Waals surface area (Å²) in [5, 5.41) is 3.48. The van der Waals surface area contributed by atoms with E-state index in [0.717, 1.165) is 12.5 Å². The van der Waals surface area contributed by atoms with Crippen molar-refractivity contribution in [3.63, 3.8) is 0 Å². The molecular weight excluding hydrogens is 234 g/mol. The van der Waals surface area contributed by atoms with Crippen LogP contribution < -0.4 is 10.2 Å². The maximum atomic E-state index is 3.48. The lowest BCUT2D eigenvalue weighted by atomic mass is 10.1. The highest BCUT2D eigenvalue weighted by molar-refractivity contribution is 5.54. The number of rotatable bonds is 3. The zero-order valence-corrected chi connectivity index (χ0v) is 11.9. The fraction of sp³-hybridized carbons (Fsp3) is 0.625. The average Bonchev–Trinajstić information content (AvgIpc) is 3.02. The number of benzene rings is 1. The number of hydrogen-bond acceptors (Lipinski definition) is 3. The molecule has 19 heavy (non-hydrogen) atoms. The van der Waals surface area contributed by atoms with Crippen LogP contribution in [-0.2, 0) is 6.42 Å². The second kappa shape index (κ2) is 5.93. The fourth-order valence-electron chi connectivity index (χ4n) is 3.40. The van der Waals surface area contributed by atoms with Crippen molar-refractivity contribution >= 4 is 5.69 Å². The molecule has 3 heteroatoms. The van der Waals surface area contributed by atoms with Gasteiger partial charge in [-0.15, -0.1) is 0 Å². The van der Waals surface area contributed by atoms with Crippen LogP contribution in [0.15, 0.2) is 24.3 Å². The summed E-state index contributed by atoms with van der Waals surface area (Å²) in [6.07, 6.45) is 2.45. The Kier molecular flexibility index (Phi) is 4.04. The molecule has 0 radical (unpaired) electrons. The van der Waals surface area contributed by atoms with Gasteiger partial charge in [0, 0.05) is 44.5 Å². The van der Waals surface area contributed by atoms with E-state index in [1.54, 1.807) is 0 Å². The van der Waals surface area contributed by atoms with Crippen molar-refractivity contribution in [2.45, 2.75) is 25.8 Å². The van der Waals surface area contributed by atoms with E-state index in [9.17, 15) is 0 Å². The minimum absolute atomic E-state index is 0.781. The predicted molar refractivity (Wildman–Crippen MR) is 80.9 cm³/mol. The maximum Gasteiger partial charge on any atom is 0.0399 e. The van der Waals surface area contributed by atoms with Gasteiger partial charge in [0.1, 0.15) is 0 Å². The van der Waals surface area contributed by atoms with Gasteiger partial charge in [0.25, 0.3) is 0 Å². The van der Waals surface area contributed by atoms with Gasteiger partial charge in [-0.05, 0) is 31.0 Å². The monoisotopic (exact) mass is 259 g/mol. The van der Waals surface area contributed by atoms with Crippen molar-refractivity contribution in [3.8, 4) is 0 Å². The topological polar surface area (TPSA) is 18.5 Å². The summed E-state index contributed by atoms with van der Waals surface area (Å²) in [6.45, 7) is 9.41. The van der Waals surface area contributed by atoms with Crippen LogP contribution in [-0.4, -0.2) is 50.2 Å². The molecule has 2 aliphatic heterocycles.